The summed E-state index contributed by atoms with van der Waals surface area (Å²) in [5.41, 5.74) is 0.707. The van der Waals surface area contributed by atoms with Crippen LogP contribution in [0, 0.1) is 6.92 Å². The summed E-state index contributed by atoms with van der Waals surface area (Å²) in [5, 5.41) is 23.5. The van der Waals surface area contributed by atoms with E-state index in [1.54, 1.807) is 4.52 Å². The number of aliphatic carboxylic acids is 1. The number of fused-ring (bicyclic) bond motifs is 3. The lowest BCUT2D eigenvalue weighted by Gasteiger charge is -2.19. The predicted octanol–water partition coefficient (Wildman–Crippen LogP) is 1.50. The van der Waals surface area contributed by atoms with Crippen molar-refractivity contribution in [2.45, 2.75) is 13.3 Å². The van der Waals surface area contributed by atoms with Gasteiger partial charge in [0.2, 0.25) is 0 Å². The minimum Gasteiger partial charge on any atom is -0.481 e. The molecule has 0 saturated heterocycles. The van der Waals surface area contributed by atoms with E-state index in [1.165, 1.54) is 0 Å². The monoisotopic (exact) mass is 285 g/mol. The molecule has 0 atom stereocenters. The lowest BCUT2D eigenvalue weighted by molar-refractivity contribution is -0.136. The molecule has 2 heterocycles. The van der Waals surface area contributed by atoms with Gasteiger partial charge in [0.15, 0.2) is 17.3 Å². The summed E-state index contributed by atoms with van der Waals surface area (Å²) in [6, 6.07) is 7.79. The third-order valence-corrected chi connectivity index (χ3v) is 3.42. The SMILES string of the molecule is Cc1nnc2c3ccccc3c(N(C)CCC(=O)O)nn12. The van der Waals surface area contributed by atoms with Crippen LogP contribution >= 0.6 is 0 Å². The third kappa shape index (κ3) is 2.26. The maximum Gasteiger partial charge on any atom is 0.305 e. The quantitative estimate of drug-likeness (QED) is 0.782. The molecule has 0 aliphatic carbocycles. The number of anilines is 1. The zero-order valence-corrected chi connectivity index (χ0v) is 11.8. The molecule has 0 aliphatic heterocycles. The molecular weight excluding hydrogens is 270 g/mol. The Morgan fingerprint density at radius 1 is 1.29 bits per heavy atom. The number of rotatable bonds is 4. The smallest absolute Gasteiger partial charge is 0.305 e. The van der Waals surface area contributed by atoms with Crippen LogP contribution in [0.4, 0.5) is 5.82 Å². The van der Waals surface area contributed by atoms with Gasteiger partial charge in [0.05, 0.1) is 6.42 Å². The maximum atomic E-state index is 10.8. The molecule has 0 spiro atoms. The van der Waals surface area contributed by atoms with Gasteiger partial charge in [0.1, 0.15) is 0 Å². The first kappa shape index (κ1) is 13.3. The van der Waals surface area contributed by atoms with Crippen LogP contribution in [0.2, 0.25) is 0 Å². The average Bonchev–Trinajstić information content (AvgIpc) is 2.85. The van der Waals surface area contributed by atoms with E-state index in [0.29, 0.717) is 18.0 Å². The van der Waals surface area contributed by atoms with Crippen LogP contribution in [-0.2, 0) is 4.79 Å². The highest BCUT2D eigenvalue weighted by Gasteiger charge is 2.15. The molecule has 3 aromatic rings. The van der Waals surface area contributed by atoms with Gasteiger partial charge in [-0.1, -0.05) is 24.3 Å². The normalized spacial score (nSPS) is 11.1. The minimum absolute atomic E-state index is 0.0612. The van der Waals surface area contributed by atoms with Gasteiger partial charge in [-0.2, -0.15) is 4.52 Å². The fraction of sp³-hybridized carbons (Fsp3) is 0.286. The van der Waals surface area contributed by atoms with E-state index in [9.17, 15) is 4.79 Å². The van der Waals surface area contributed by atoms with Crippen molar-refractivity contribution in [3.05, 3.63) is 30.1 Å². The van der Waals surface area contributed by atoms with Crippen LogP contribution in [-0.4, -0.2) is 44.5 Å². The first-order valence-electron chi connectivity index (χ1n) is 6.61. The summed E-state index contributed by atoms with van der Waals surface area (Å²) in [4.78, 5) is 12.6. The highest BCUT2D eigenvalue weighted by atomic mass is 16.4. The minimum atomic E-state index is -0.826. The van der Waals surface area contributed by atoms with Gasteiger partial charge in [0, 0.05) is 24.4 Å². The molecule has 7 heteroatoms. The van der Waals surface area contributed by atoms with E-state index in [0.717, 1.165) is 16.6 Å². The Morgan fingerprint density at radius 2 is 2.00 bits per heavy atom. The largest absolute Gasteiger partial charge is 0.481 e. The van der Waals surface area contributed by atoms with Gasteiger partial charge in [0.25, 0.3) is 0 Å². The van der Waals surface area contributed by atoms with E-state index in [2.05, 4.69) is 15.3 Å². The molecule has 1 N–H and O–H groups in total. The van der Waals surface area contributed by atoms with E-state index in [4.69, 9.17) is 5.11 Å². The van der Waals surface area contributed by atoms with Crippen molar-refractivity contribution in [3.8, 4) is 0 Å². The van der Waals surface area contributed by atoms with Gasteiger partial charge in [-0.15, -0.1) is 15.3 Å². The van der Waals surface area contributed by atoms with Gasteiger partial charge < -0.3 is 10.0 Å². The number of carboxylic acid groups (broad SMARTS) is 1. The topological polar surface area (TPSA) is 83.6 Å². The number of hydrogen-bond acceptors (Lipinski definition) is 5. The van der Waals surface area contributed by atoms with Crippen molar-refractivity contribution in [3.63, 3.8) is 0 Å². The molecule has 0 bridgehead atoms. The number of carboxylic acids is 1. The Kier molecular flexibility index (Phi) is 3.17. The van der Waals surface area contributed by atoms with Crippen LogP contribution in [0.1, 0.15) is 12.2 Å². The van der Waals surface area contributed by atoms with Crippen LogP contribution < -0.4 is 4.90 Å². The first-order valence-corrected chi connectivity index (χ1v) is 6.61. The van der Waals surface area contributed by atoms with Crippen molar-refractivity contribution in [1.82, 2.24) is 19.8 Å². The first-order chi connectivity index (χ1) is 10.1. The predicted molar refractivity (Wildman–Crippen MR) is 78.5 cm³/mol. The molecule has 0 unspecified atom stereocenters. The molecule has 0 radical (unpaired) electrons. The second-order valence-corrected chi connectivity index (χ2v) is 4.92. The standard InChI is InChI=1S/C14H15N5O2/c1-9-15-16-13-10-5-3-4-6-11(10)14(17-19(9)13)18(2)8-7-12(20)21/h3-6H,7-8H2,1-2H3,(H,20,21). The Hall–Kier alpha value is -2.70. The van der Waals surface area contributed by atoms with Crippen molar-refractivity contribution in [1.29, 1.82) is 0 Å². The number of hydrogen-bond donors (Lipinski definition) is 1. The molecule has 7 nitrogen and oxygen atoms in total. The van der Waals surface area contributed by atoms with Crippen LogP contribution in [0.5, 0.6) is 0 Å². The highest BCUT2D eigenvalue weighted by Crippen LogP contribution is 2.26. The number of benzene rings is 1. The molecule has 0 fully saturated rings. The molecule has 3 rings (SSSR count). The number of carbonyl (C=O) groups is 1. The van der Waals surface area contributed by atoms with E-state index in [1.807, 2.05) is 43.1 Å². The summed E-state index contributed by atoms with van der Waals surface area (Å²) in [5.74, 6) is 0.596. The lowest BCUT2D eigenvalue weighted by Crippen LogP contribution is -2.23. The Balaban J connectivity index is 2.19. The van der Waals surface area contributed by atoms with Gasteiger partial charge in [-0.25, -0.2) is 0 Å². The van der Waals surface area contributed by atoms with Crippen molar-refractivity contribution in [2.24, 2.45) is 0 Å². The number of nitrogens with zero attached hydrogens (tertiary/aromatic N) is 5. The molecular formula is C14H15N5O2. The van der Waals surface area contributed by atoms with Crippen molar-refractivity contribution < 1.29 is 9.90 Å². The van der Waals surface area contributed by atoms with Crippen molar-refractivity contribution in [2.75, 3.05) is 18.5 Å². The summed E-state index contributed by atoms with van der Waals surface area (Å²) < 4.78 is 1.69. The van der Waals surface area contributed by atoms with E-state index < -0.39 is 5.97 Å². The van der Waals surface area contributed by atoms with Crippen LogP contribution in [0.15, 0.2) is 24.3 Å². The lowest BCUT2D eigenvalue weighted by atomic mass is 10.1. The van der Waals surface area contributed by atoms with Gasteiger partial charge in [-0.3, -0.25) is 4.79 Å². The molecule has 108 valence electrons. The maximum absolute atomic E-state index is 10.8. The zero-order chi connectivity index (χ0) is 15.0. The molecule has 21 heavy (non-hydrogen) atoms. The Morgan fingerprint density at radius 3 is 2.71 bits per heavy atom. The average molecular weight is 285 g/mol. The number of aromatic nitrogens is 4. The highest BCUT2D eigenvalue weighted by molar-refractivity contribution is 6.00. The van der Waals surface area contributed by atoms with E-state index in [-0.39, 0.29) is 6.42 Å². The summed E-state index contributed by atoms with van der Waals surface area (Å²) in [6.07, 6.45) is 0.0612. The molecule has 1 aromatic carbocycles. The molecule has 0 saturated carbocycles. The fourth-order valence-electron chi connectivity index (χ4n) is 2.32. The zero-order valence-electron chi connectivity index (χ0n) is 11.8. The fourth-order valence-corrected chi connectivity index (χ4v) is 2.32. The van der Waals surface area contributed by atoms with Crippen LogP contribution in [0.25, 0.3) is 16.4 Å². The summed E-state index contributed by atoms with van der Waals surface area (Å²) in [6.45, 7) is 2.22. The molecule has 0 amide bonds. The summed E-state index contributed by atoms with van der Waals surface area (Å²) >= 11 is 0. The Labute approximate surface area is 120 Å². The molecule has 2 aromatic heterocycles. The second kappa shape index (κ2) is 5.01. The number of aryl methyl sites for hydroxylation is 1. The third-order valence-electron chi connectivity index (χ3n) is 3.42. The summed E-state index contributed by atoms with van der Waals surface area (Å²) in [7, 11) is 1.84. The Bertz CT molecular complexity index is 827. The van der Waals surface area contributed by atoms with Gasteiger partial charge >= 0.3 is 5.97 Å². The van der Waals surface area contributed by atoms with E-state index >= 15 is 0 Å². The molecule has 0 aliphatic rings. The van der Waals surface area contributed by atoms with Gasteiger partial charge in [-0.05, 0) is 6.92 Å². The van der Waals surface area contributed by atoms with Crippen LogP contribution in [0.3, 0.4) is 0 Å². The van der Waals surface area contributed by atoms with Crippen molar-refractivity contribution >= 4 is 28.2 Å². The second-order valence-electron chi connectivity index (χ2n) is 4.92.